The maximum atomic E-state index is 10.4. The molecule has 0 spiro atoms. The zero-order chi connectivity index (χ0) is 9.97. The van der Waals surface area contributed by atoms with Crippen LogP contribution in [-0.2, 0) is 4.74 Å². The number of nitrogens with one attached hydrogen (secondary N) is 2. The highest BCUT2D eigenvalue weighted by Crippen LogP contribution is 2.19. The Kier molecular flexibility index (Phi) is 2.40. The van der Waals surface area contributed by atoms with Crippen molar-refractivity contribution in [2.45, 2.75) is 6.23 Å². The fourth-order valence-corrected chi connectivity index (χ4v) is 1.25. The zero-order valence-corrected chi connectivity index (χ0v) is 7.27. The minimum absolute atomic E-state index is 0.0831. The van der Waals surface area contributed by atoms with E-state index in [4.69, 9.17) is 4.74 Å². The van der Waals surface area contributed by atoms with Crippen LogP contribution in [0.25, 0.3) is 0 Å². The van der Waals surface area contributed by atoms with Crippen molar-refractivity contribution < 1.29 is 9.66 Å². The van der Waals surface area contributed by atoms with Crippen LogP contribution in [0.2, 0.25) is 0 Å². The number of nitrogens with zero attached hydrogens (tertiary/aromatic N) is 1. The van der Waals surface area contributed by atoms with E-state index in [1.165, 1.54) is 12.1 Å². The molecule has 1 heterocycles. The van der Waals surface area contributed by atoms with E-state index in [9.17, 15) is 10.1 Å². The average Bonchev–Trinajstić information content (AvgIpc) is 2.71. The van der Waals surface area contributed by atoms with Crippen molar-refractivity contribution in [2.75, 3.05) is 6.73 Å². The van der Waals surface area contributed by atoms with Gasteiger partial charge in [-0.05, 0) is 17.7 Å². The van der Waals surface area contributed by atoms with E-state index in [0.29, 0.717) is 6.73 Å². The lowest BCUT2D eigenvalue weighted by atomic mass is 10.2. The molecule has 0 aliphatic carbocycles. The highest BCUT2D eigenvalue weighted by molar-refractivity contribution is 5.33. The van der Waals surface area contributed by atoms with Gasteiger partial charge in [0.05, 0.1) is 4.92 Å². The average molecular weight is 195 g/mol. The fraction of sp³-hybridized carbons (Fsp3) is 0.250. The molecule has 1 saturated heterocycles. The number of ether oxygens (including phenoxy) is 1. The minimum atomic E-state index is -0.426. The molecule has 14 heavy (non-hydrogen) atoms. The second-order valence-electron chi connectivity index (χ2n) is 2.86. The first-order chi connectivity index (χ1) is 6.77. The Bertz CT molecular complexity index is 332. The van der Waals surface area contributed by atoms with E-state index in [1.807, 2.05) is 0 Å². The molecular formula is C8H9N3O3. The van der Waals surface area contributed by atoms with Gasteiger partial charge in [-0.25, -0.2) is 10.9 Å². The molecule has 1 aromatic carbocycles. The van der Waals surface area contributed by atoms with Gasteiger partial charge < -0.3 is 4.74 Å². The molecule has 0 aromatic heterocycles. The predicted octanol–water partition coefficient (Wildman–Crippen LogP) is 0.675. The van der Waals surface area contributed by atoms with Crippen LogP contribution in [0.4, 0.5) is 5.69 Å². The van der Waals surface area contributed by atoms with Crippen LogP contribution in [0, 0.1) is 10.1 Å². The molecule has 2 N–H and O–H groups in total. The first-order valence-electron chi connectivity index (χ1n) is 4.12. The topological polar surface area (TPSA) is 76.4 Å². The summed E-state index contributed by atoms with van der Waals surface area (Å²) in [5.74, 6) is 0. The van der Waals surface area contributed by atoms with Gasteiger partial charge in [0.25, 0.3) is 5.69 Å². The van der Waals surface area contributed by atoms with Crippen molar-refractivity contribution in [2.24, 2.45) is 0 Å². The molecule has 0 saturated carbocycles. The van der Waals surface area contributed by atoms with Crippen LogP contribution in [0.1, 0.15) is 11.8 Å². The number of nitro groups is 1. The second kappa shape index (κ2) is 3.70. The maximum Gasteiger partial charge on any atom is 0.269 e. The van der Waals surface area contributed by atoms with Gasteiger partial charge >= 0.3 is 0 Å². The molecule has 1 atom stereocenters. The lowest BCUT2D eigenvalue weighted by molar-refractivity contribution is -0.384. The lowest BCUT2D eigenvalue weighted by Crippen LogP contribution is -2.24. The summed E-state index contributed by atoms with van der Waals surface area (Å²) in [6.07, 6.45) is -0.226. The summed E-state index contributed by atoms with van der Waals surface area (Å²) in [6, 6.07) is 6.25. The first kappa shape index (κ1) is 9.07. The Morgan fingerprint density at radius 2 is 2.14 bits per heavy atom. The molecule has 1 fully saturated rings. The fourth-order valence-electron chi connectivity index (χ4n) is 1.25. The summed E-state index contributed by atoms with van der Waals surface area (Å²) in [5, 5.41) is 10.4. The number of hydrogen-bond donors (Lipinski definition) is 2. The van der Waals surface area contributed by atoms with Crippen molar-refractivity contribution in [3.63, 3.8) is 0 Å². The van der Waals surface area contributed by atoms with Gasteiger partial charge in [-0.15, -0.1) is 0 Å². The number of hydrazine groups is 1. The van der Waals surface area contributed by atoms with E-state index in [-0.39, 0.29) is 11.9 Å². The van der Waals surface area contributed by atoms with Gasteiger partial charge in [0, 0.05) is 12.1 Å². The molecule has 0 radical (unpaired) electrons. The molecule has 74 valence electrons. The zero-order valence-electron chi connectivity index (χ0n) is 7.27. The van der Waals surface area contributed by atoms with Crippen LogP contribution < -0.4 is 10.9 Å². The molecule has 1 aliphatic heterocycles. The van der Waals surface area contributed by atoms with E-state index in [1.54, 1.807) is 12.1 Å². The Labute approximate surface area is 80.0 Å². The number of benzene rings is 1. The van der Waals surface area contributed by atoms with Crippen molar-refractivity contribution >= 4 is 5.69 Å². The van der Waals surface area contributed by atoms with E-state index >= 15 is 0 Å². The molecule has 1 aliphatic rings. The molecular weight excluding hydrogens is 186 g/mol. The van der Waals surface area contributed by atoms with Crippen molar-refractivity contribution in [3.05, 3.63) is 39.9 Å². The third-order valence-corrected chi connectivity index (χ3v) is 1.96. The molecule has 0 bridgehead atoms. The minimum Gasteiger partial charge on any atom is -0.341 e. The summed E-state index contributed by atoms with van der Waals surface area (Å²) in [7, 11) is 0. The van der Waals surface area contributed by atoms with Gasteiger partial charge in [-0.2, -0.15) is 0 Å². The number of nitro benzene ring substituents is 1. The lowest BCUT2D eigenvalue weighted by Gasteiger charge is -2.07. The molecule has 6 heteroatoms. The quantitative estimate of drug-likeness (QED) is 0.536. The normalized spacial score (nSPS) is 21.0. The standard InChI is InChI=1S/C8H9N3O3/c12-11(13)7-3-1-6(2-4-7)8-10-9-5-14-8/h1-4,8-10H,5H2. The van der Waals surface area contributed by atoms with Gasteiger partial charge in [0.1, 0.15) is 13.0 Å². The Morgan fingerprint density at radius 1 is 1.43 bits per heavy atom. The summed E-state index contributed by atoms with van der Waals surface area (Å²) in [6.45, 7) is 0.432. The van der Waals surface area contributed by atoms with Gasteiger partial charge in [0.2, 0.25) is 0 Å². The molecule has 1 aromatic rings. The summed E-state index contributed by atoms with van der Waals surface area (Å²) in [5.41, 5.74) is 6.63. The SMILES string of the molecule is O=[N+]([O-])c1ccc(C2NNCO2)cc1. The summed E-state index contributed by atoms with van der Waals surface area (Å²) in [4.78, 5) is 9.95. The van der Waals surface area contributed by atoms with Gasteiger partial charge in [0.15, 0.2) is 0 Å². The van der Waals surface area contributed by atoms with E-state index in [0.717, 1.165) is 5.56 Å². The van der Waals surface area contributed by atoms with Crippen LogP contribution in [0.3, 0.4) is 0 Å². The highest BCUT2D eigenvalue weighted by atomic mass is 16.6. The van der Waals surface area contributed by atoms with Crippen LogP contribution in [0.15, 0.2) is 24.3 Å². The van der Waals surface area contributed by atoms with Crippen molar-refractivity contribution in [3.8, 4) is 0 Å². The summed E-state index contributed by atoms with van der Waals surface area (Å²) >= 11 is 0. The van der Waals surface area contributed by atoms with Crippen LogP contribution >= 0.6 is 0 Å². The Morgan fingerprint density at radius 3 is 2.64 bits per heavy atom. The first-order valence-corrected chi connectivity index (χ1v) is 4.12. The number of non-ortho nitro benzene ring substituents is 1. The monoisotopic (exact) mass is 195 g/mol. The van der Waals surface area contributed by atoms with Gasteiger partial charge in [-0.1, -0.05) is 0 Å². The van der Waals surface area contributed by atoms with E-state index in [2.05, 4.69) is 10.9 Å². The maximum absolute atomic E-state index is 10.4. The number of rotatable bonds is 2. The molecule has 1 unspecified atom stereocenters. The van der Waals surface area contributed by atoms with Crippen LogP contribution in [-0.4, -0.2) is 11.7 Å². The molecule has 6 nitrogen and oxygen atoms in total. The predicted molar refractivity (Wildman–Crippen MR) is 48.1 cm³/mol. The van der Waals surface area contributed by atoms with Crippen molar-refractivity contribution in [1.82, 2.24) is 10.9 Å². The van der Waals surface area contributed by atoms with E-state index < -0.39 is 4.92 Å². The second-order valence-corrected chi connectivity index (χ2v) is 2.86. The summed E-state index contributed by atoms with van der Waals surface area (Å²) < 4.78 is 5.25. The third-order valence-electron chi connectivity index (χ3n) is 1.96. The van der Waals surface area contributed by atoms with Crippen molar-refractivity contribution in [1.29, 1.82) is 0 Å². The highest BCUT2D eigenvalue weighted by Gasteiger charge is 2.16. The smallest absolute Gasteiger partial charge is 0.269 e. The Balaban J connectivity index is 2.16. The Hall–Kier alpha value is -1.50. The molecule has 2 rings (SSSR count). The van der Waals surface area contributed by atoms with Gasteiger partial charge in [-0.3, -0.25) is 10.1 Å². The largest absolute Gasteiger partial charge is 0.341 e. The molecule has 0 amide bonds. The number of hydrogen-bond acceptors (Lipinski definition) is 5. The third kappa shape index (κ3) is 1.72. The van der Waals surface area contributed by atoms with Crippen LogP contribution in [0.5, 0.6) is 0 Å².